The van der Waals surface area contributed by atoms with Gasteiger partial charge in [-0.2, -0.15) is 0 Å². The highest BCUT2D eigenvalue weighted by molar-refractivity contribution is 6.00. The molecule has 2 aromatic carbocycles. The van der Waals surface area contributed by atoms with Crippen molar-refractivity contribution in [2.75, 3.05) is 11.4 Å². The van der Waals surface area contributed by atoms with E-state index in [0.717, 1.165) is 17.7 Å². The summed E-state index contributed by atoms with van der Waals surface area (Å²) in [6.45, 7) is 2.61. The number of hydrogen-bond acceptors (Lipinski definition) is 3. The fraction of sp³-hybridized carbons (Fsp3) is 0.286. The van der Waals surface area contributed by atoms with Gasteiger partial charge in [-0.15, -0.1) is 0 Å². The van der Waals surface area contributed by atoms with Gasteiger partial charge in [-0.3, -0.25) is 9.59 Å². The smallest absolute Gasteiger partial charge is 0.335 e. The maximum atomic E-state index is 12.8. The standard InChI is InChI=1S/C21H22N2O4/c1-14-8-10-16(11-9-14)23-12-4-7-18(20(23)25)22-19(24)13-15-5-2-3-6-17(15)21(26)27/h2-3,5-6,8-11,18H,4,7,12-13H2,1H3,(H,22,24)(H,26,27). The SMILES string of the molecule is Cc1ccc(N2CCCC(NC(=O)Cc3ccccc3C(=O)O)C2=O)cc1. The minimum Gasteiger partial charge on any atom is -0.478 e. The molecule has 6 nitrogen and oxygen atoms in total. The fourth-order valence-electron chi connectivity index (χ4n) is 3.29. The van der Waals surface area contributed by atoms with E-state index in [1.165, 1.54) is 6.07 Å². The van der Waals surface area contributed by atoms with Crippen molar-refractivity contribution in [3.8, 4) is 0 Å². The maximum absolute atomic E-state index is 12.8. The number of carboxylic acid groups (broad SMARTS) is 1. The van der Waals surface area contributed by atoms with Crippen molar-refractivity contribution >= 4 is 23.5 Å². The van der Waals surface area contributed by atoms with Crippen molar-refractivity contribution < 1.29 is 19.5 Å². The Morgan fingerprint density at radius 1 is 1.15 bits per heavy atom. The summed E-state index contributed by atoms with van der Waals surface area (Å²) in [4.78, 5) is 38.2. The number of carbonyl (C=O) groups is 3. The summed E-state index contributed by atoms with van der Waals surface area (Å²) in [5.41, 5.74) is 2.47. The van der Waals surface area contributed by atoms with Gasteiger partial charge in [0.15, 0.2) is 0 Å². The second kappa shape index (κ2) is 8.03. The van der Waals surface area contributed by atoms with Crippen molar-refractivity contribution in [2.24, 2.45) is 0 Å². The van der Waals surface area contributed by atoms with Crippen LogP contribution in [0.5, 0.6) is 0 Å². The second-order valence-corrected chi connectivity index (χ2v) is 6.73. The van der Waals surface area contributed by atoms with E-state index < -0.39 is 12.0 Å². The van der Waals surface area contributed by atoms with Crippen LogP contribution in [-0.2, 0) is 16.0 Å². The molecule has 140 valence electrons. The number of rotatable bonds is 5. The van der Waals surface area contributed by atoms with E-state index in [0.29, 0.717) is 18.5 Å². The van der Waals surface area contributed by atoms with Crippen molar-refractivity contribution in [1.29, 1.82) is 0 Å². The predicted molar refractivity (Wildman–Crippen MR) is 102 cm³/mol. The molecule has 2 N–H and O–H groups in total. The number of carboxylic acids is 1. The monoisotopic (exact) mass is 366 g/mol. The van der Waals surface area contributed by atoms with E-state index in [-0.39, 0.29) is 23.8 Å². The van der Waals surface area contributed by atoms with E-state index in [1.807, 2.05) is 31.2 Å². The molecule has 1 unspecified atom stereocenters. The molecule has 2 aromatic rings. The molecular formula is C21H22N2O4. The molecule has 0 saturated carbocycles. The lowest BCUT2D eigenvalue weighted by atomic mass is 10.0. The topological polar surface area (TPSA) is 86.7 Å². The maximum Gasteiger partial charge on any atom is 0.335 e. The number of amides is 2. The third-order valence-corrected chi connectivity index (χ3v) is 4.72. The van der Waals surface area contributed by atoms with Gasteiger partial charge in [-0.1, -0.05) is 35.9 Å². The molecule has 0 spiro atoms. The molecule has 0 bridgehead atoms. The average molecular weight is 366 g/mol. The molecule has 1 aliphatic rings. The summed E-state index contributed by atoms with van der Waals surface area (Å²) in [5, 5.41) is 12.0. The van der Waals surface area contributed by atoms with Crippen LogP contribution in [0.3, 0.4) is 0 Å². The first kappa shape index (κ1) is 18.6. The van der Waals surface area contributed by atoms with Gasteiger partial charge in [0, 0.05) is 12.2 Å². The molecule has 0 aromatic heterocycles. The summed E-state index contributed by atoms with van der Waals surface area (Å²) in [6, 6.07) is 13.5. The van der Waals surface area contributed by atoms with E-state index in [9.17, 15) is 19.5 Å². The third-order valence-electron chi connectivity index (χ3n) is 4.72. The van der Waals surface area contributed by atoms with Crippen molar-refractivity contribution in [1.82, 2.24) is 5.32 Å². The number of benzene rings is 2. The van der Waals surface area contributed by atoms with Crippen LogP contribution in [0.2, 0.25) is 0 Å². The Morgan fingerprint density at radius 2 is 1.85 bits per heavy atom. The van der Waals surface area contributed by atoms with E-state index in [2.05, 4.69) is 5.32 Å². The van der Waals surface area contributed by atoms with Crippen LogP contribution >= 0.6 is 0 Å². The zero-order valence-electron chi connectivity index (χ0n) is 15.1. The Balaban J connectivity index is 1.68. The number of aryl methyl sites for hydroxylation is 1. The second-order valence-electron chi connectivity index (χ2n) is 6.73. The van der Waals surface area contributed by atoms with Crippen LogP contribution in [0.25, 0.3) is 0 Å². The molecule has 27 heavy (non-hydrogen) atoms. The molecule has 6 heteroatoms. The highest BCUT2D eigenvalue weighted by Crippen LogP contribution is 2.22. The van der Waals surface area contributed by atoms with Gasteiger partial charge < -0.3 is 15.3 Å². The molecule has 1 fully saturated rings. The van der Waals surface area contributed by atoms with Gasteiger partial charge in [0.1, 0.15) is 6.04 Å². The Labute approximate surface area is 157 Å². The predicted octanol–water partition coefficient (Wildman–Crippen LogP) is 2.55. The summed E-state index contributed by atoms with van der Waals surface area (Å²) in [7, 11) is 0. The first-order chi connectivity index (χ1) is 13.0. The number of carbonyl (C=O) groups excluding carboxylic acids is 2. The van der Waals surface area contributed by atoms with Crippen LogP contribution in [0.15, 0.2) is 48.5 Å². The number of nitrogens with zero attached hydrogens (tertiary/aromatic N) is 1. The number of anilines is 1. The molecule has 1 heterocycles. The minimum absolute atomic E-state index is 0.0726. The average Bonchev–Trinajstić information content (AvgIpc) is 2.64. The minimum atomic E-state index is -1.07. The largest absolute Gasteiger partial charge is 0.478 e. The molecule has 3 rings (SSSR count). The van der Waals surface area contributed by atoms with E-state index in [4.69, 9.17) is 0 Å². The first-order valence-electron chi connectivity index (χ1n) is 8.94. The van der Waals surface area contributed by atoms with Gasteiger partial charge in [0.2, 0.25) is 11.8 Å². The van der Waals surface area contributed by atoms with Crippen LogP contribution in [0, 0.1) is 6.92 Å². The van der Waals surface area contributed by atoms with Crippen LogP contribution in [0.4, 0.5) is 5.69 Å². The molecule has 2 amide bonds. The number of nitrogens with one attached hydrogen (secondary N) is 1. The van der Waals surface area contributed by atoms with Gasteiger partial charge in [0.25, 0.3) is 0 Å². The zero-order chi connectivity index (χ0) is 19.4. The summed E-state index contributed by atoms with van der Waals surface area (Å²) in [5.74, 6) is -1.56. The van der Waals surface area contributed by atoms with Gasteiger partial charge in [-0.25, -0.2) is 4.79 Å². The van der Waals surface area contributed by atoms with Crippen LogP contribution in [-0.4, -0.2) is 35.5 Å². The lowest BCUT2D eigenvalue weighted by Gasteiger charge is -2.32. The van der Waals surface area contributed by atoms with Crippen LogP contribution < -0.4 is 10.2 Å². The van der Waals surface area contributed by atoms with Gasteiger partial charge in [0.05, 0.1) is 12.0 Å². The highest BCUT2D eigenvalue weighted by Gasteiger charge is 2.30. The van der Waals surface area contributed by atoms with E-state index in [1.54, 1.807) is 23.1 Å². The van der Waals surface area contributed by atoms with Gasteiger partial charge >= 0.3 is 5.97 Å². The number of aromatic carboxylic acids is 1. The number of piperidine rings is 1. The molecule has 1 aliphatic heterocycles. The Bertz CT molecular complexity index is 861. The summed E-state index contributed by atoms with van der Waals surface area (Å²) >= 11 is 0. The van der Waals surface area contributed by atoms with Crippen LogP contribution in [0.1, 0.15) is 34.3 Å². The Kier molecular flexibility index (Phi) is 5.54. The van der Waals surface area contributed by atoms with E-state index >= 15 is 0 Å². The quantitative estimate of drug-likeness (QED) is 0.851. The molecule has 0 radical (unpaired) electrons. The first-order valence-corrected chi connectivity index (χ1v) is 8.94. The lowest BCUT2D eigenvalue weighted by Crippen LogP contribution is -2.52. The van der Waals surface area contributed by atoms with Crippen molar-refractivity contribution in [3.63, 3.8) is 0 Å². The molecule has 1 saturated heterocycles. The Hall–Kier alpha value is -3.15. The lowest BCUT2D eigenvalue weighted by molar-refractivity contribution is -0.128. The third kappa shape index (κ3) is 4.34. The molecule has 0 aliphatic carbocycles. The molecular weight excluding hydrogens is 344 g/mol. The van der Waals surface area contributed by atoms with Crippen molar-refractivity contribution in [3.05, 3.63) is 65.2 Å². The zero-order valence-corrected chi connectivity index (χ0v) is 15.1. The normalized spacial score (nSPS) is 16.9. The van der Waals surface area contributed by atoms with Crippen molar-refractivity contribution in [2.45, 2.75) is 32.2 Å². The highest BCUT2D eigenvalue weighted by atomic mass is 16.4. The Morgan fingerprint density at radius 3 is 2.56 bits per heavy atom. The van der Waals surface area contributed by atoms with Gasteiger partial charge in [-0.05, 0) is 43.5 Å². The summed E-state index contributed by atoms with van der Waals surface area (Å²) in [6.07, 6.45) is 1.29. The summed E-state index contributed by atoms with van der Waals surface area (Å²) < 4.78 is 0. The fourth-order valence-corrected chi connectivity index (χ4v) is 3.29. The molecule has 1 atom stereocenters. The number of hydrogen-bond donors (Lipinski definition) is 2.